The Labute approximate surface area is 182 Å². The Kier molecular flexibility index (Phi) is 7.18. The highest BCUT2D eigenvalue weighted by molar-refractivity contribution is 7.89. The van der Waals surface area contributed by atoms with Crippen LogP contribution in [0.1, 0.15) is 41.9 Å². The standard InChI is InChI=1S/C20H27ClN4O4S/c1-13-11-25(12-14(2)29-13)30(27,28)19-9-16(6-7-18(19)21)20(26)22-8-4-5-17-10-23-24-15(17)3/h6-7,9-10,13-14H,4-5,8,11-12H2,1-3H3,(H,22,26)(H,23,24). The van der Waals surface area contributed by atoms with Crippen LogP contribution in [0.4, 0.5) is 0 Å². The minimum Gasteiger partial charge on any atom is -0.373 e. The number of benzene rings is 1. The van der Waals surface area contributed by atoms with Crippen LogP contribution in [-0.2, 0) is 21.2 Å². The lowest BCUT2D eigenvalue weighted by Gasteiger charge is -2.34. The van der Waals surface area contributed by atoms with E-state index in [0.29, 0.717) is 6.54 Å². The summed E-state index contributed by atoms with van der Waals surface area (Å²) in [6, 6.07) is 4.32. The molecule has 3 rings (SSSR count). The summed E-state index contributed by atoms with van der Waals surface area (Å²) < 4.78 is 33.3. The van der Waals surface area contributed by atoms with Crippen molar-refractivity contribution in [1.29, 1.82) is 0 Å². The SMILES string of the molecule is Cc1[nH]ncc1CCCNC(=O)c1ccc(Cl)c(S(=O)(=O)N2CC(C)OC(C)C2)c1. The summed E-state index contributed by atoms with van der Waals surface area (Å²) in [5.41, 5.74) is 2.38. The molecule has 1 saturated heterocycles. The van der Waals surface area contributed by atoms with E-state index in [1.165, 1.54) is 22.5 Å². The van der Waals surface area contributed by atoms with Gasteiger partial charge in [-0.3, -0.25) is 9.89 Å². The number of ether oxygens (including phenoxy) is 1. The van der Waals surface area contributed by atoms with Gasteiger partial charge in [-0.15, -0.1) is 0 Å². The number of H-pyrrole nitrogens is 1. The van der Waals surface area contributed by atoms with Crippen LogP contribution in [-0.4, -0.2) is 60.7 Å². The number of sulfonamides is 1. The van der Waals surface area contributed by atoms with Crippen LogP contribution in [0.25, 0.3) is 0 Å². The zero-order valence-corrected chi connectivity index (χ0v) is 18.9. The maximum atomic E-state index is 13.1. The van der Waals surface area contributed by atoms with Gasteiger partial charge in [0.1, 0.15) is 4.90 Å². The molecule has 164 valence electrons. The number of amides is 1. The molecule has 1 aromatic carbocycles. The number of aryl methyl sites for hydroxylation is 2. The maximum Gasteiger partial charge on any atom is 0.251 e. The molecule has 2 unspecified atom stereocenters. The van der Waals surface area contributed by atoms with Crippen LogP contribution >= 0.6 is 11.6 Å². The molecule has 8 nitrogen and oxygen atoms in total. The summed E-state index contributed by atoms with van der Waals surface area (Å²) in [5.74, 6) is -0.337. The number of rotatable bonds is 7. The fourth-order valence-corrected chi connectivity index (χ4v) is 5.61. The zero-order chi connectivity index (χ0) is 21.9. The maximum absolute atomic E-state index is 13.1. The lowest BCUT2D eigenvalue weighted by Crippen LogP contribution is -2.48. The van der Waals surface area contributed by atoms with Crippen molar-refractivity contribution in [2.45, 2.75) is 50.7 Å². The van der Waals surface area contributed by atoms with Crippen LogP contribution in [0.2, 0.25) is 5.02 Å². The zero-order valence-electron chi connectivity index (χ0n) is 17.3. The van der Waals surface area contributed by atoms with Crippen LogP contribution in [0.3, 0.4) is 0 Å². The third-order valence-corrected chi connectivity index (χ3v) is 7.35. The van der Waals surface area contributed by atoms with Gasteiger partial charge in [-0.2, -0.15) is 9.40 Å². The minimum atomic E-state index is -3.84. The van der Waals surface area contributed by atoms with E-state index in [-0.39, 0.29) is 46.7 Å². The first kappa shape index (κ1) is 22.7. The molecule has 1 amide bonds. The van der Waals surface area contributed by atoms with Gasteiger partial charge in [-0.1, -0.05) is 11.6 Å². The lowest BCUT2D eigenvalue weighted by atomic mass is 10.1. The Morgan fingerprint density at radius 1 is 1.33 bits per heavy atom. The predicted octanol–water partition coefficient (Wildman–Crippen LogP) is 2.53. The Bertz CT molecular complexity index is 998. The average molecular weight is 455 g/mol. The number of morpholine rings is 1. The normalized spacial score (nSPS) is 20.3. The summed E-state index contributed by atoms with van der Waals surface area (Å²) in [5, 5.41) is 9.78. The summed E-state index contributed by atoms with van der Waals surface area (Å²) >= 11 is 6.20. The van der Waals surface area contributed by atoms with E-state index < -0.39 is 10.0 Å². The molecule has 1 aliphatic heterocycles. The third kappa shape index (κ3) is 5.21. The Morgan fingerprint density at radius 3 is 2.67 bits per heavy atom. The summed E-state index contributed by atoms with van der Waals surface area (Å²) in [6.07, 6.45) is 2.88. The number of hydrogen-bond acceptors (Lipinski definition) is 5. The van der Waals surface area contributed by atoms with Gasteiger partial charge in [0.2, 0.25) is 10.0 Å². The first-order valence-corrected chi connectivity index (χ1v) is 11.7. The first-order valence-electron chi connectivity index (χ1n) is 9.90. The molecular weight excluding hydrogens is 428 g/mol. The van der Waals surface area contributed by atoms with E-state index in [0.717, 1.165) is 24.1 Å². The molecule has 1 aromatic heterocycles. The van der Waals surface area contributed by atoms with Crippen molar-refractivity contribution in [1.82, 2.24) is 19.8 Å². The molecule has 0 radical (unpaired) electrons. The molecule has 0 saturated carbocycles. The van der Waals surface area contributed by atoms with Crippen LogP contribution < -0.4 is 5.32 Å². The summed E-state index contributed by atoms with van der Waals surface area (Å²) in [6.45, 7) is 6.56. The van der Waals surface area contributed by atoms with Crippen molar-refractivity contribution >= 4 is 27.5 Å². The lowest BCUT2D eigenvalue weighted by molar-refractivity contribution is -0.0440. The quantitative estimate of drug-likeness (QED) is 0.625. The molecule has 2 atom stereocenters. The summed E-state index contributed by atoms with van der Waals surface area (Å²) in [4.78, 5) is 12.5. The summed E-state index contributed by atoms with van der Waals surface area (Å²) in [7, 11) is -3.84. The molecule has 30 heavy (non-hydrogen) atoms. The van der Waals surface area contributed by atoms with Gasteiger partial charge >= 0.3 is 0 Å². The smallest absolute Gasteiger partial charge is 0.251 e. The number of aromatic amines is 1. The number of carbonyl (C=O) groups is 1. The molecule has 2 aromatic rings. The van der Waals surface area contributed by atoms with Crippen molar-refractivity contribution in [3.05, 3.63) is 46.2 Å². The van der Waals surface area contributed by atoms with Gasteiger partial charge in [0.15, 0.2) is 0 Å². The molecule has 1 fully saturated rings. The second kappa shape index (κ2) is 9.47. The van der Waals surface area contributed by atoms with Gasteiger partial charge < -0.3 is 10.1 Å². The highest BCUT2D eigenvalue weighted by Crippen LogP contribution is 2.28. The van der Waals surface area contributed by atoms with E-state index in [2.05, 4.69) is 15.5 Å². The van der Waals surface area contributed by atoms with E-state index in [9.17, 15) is 13.2 Å². The Morgan fingerprint density at radius 2 is 2.03 bits per heavy atom. The van der Waals surface area contributed by atoms with E-state index >= 15 is 0 Å². The molecule has 2 N–H and O–H groups in total. The number of nitrogens with one attached hydrogen (secondary N) is 2. The van der Waals surface area contributed by atoms with Crippen molar-refractivity contribution < 1.29 is 17.9 Å². The highest BCUT2D eigenvalue weighted by atomic mass is 35.5. The van der Waals surface area contributed by atoms with Crippen molar-refractivity contribution in [3.8, 4) is 0 Å². The molecule has 0 spiro atoms. The van der Waals surface area contributed by atoms with Crippen molar-refractivity contribution in [2.24, 2.45) is 0 Å². The monoisotopic (exact) mass is 454 g/mol. The van der Waals surface area contributed by atoms with Gasteiger partial charge in [0.05, 0.1) is 23.4 Å². The minimum absolute atomic E-state index is 0.0628. The second-order valence-corrected chi connectivity index (χ2v) is 9.92. The molecule has 1 aliphatic rings. The molecule has 0 aliphatic carbocycles. The molecule has 2 heterocycles. The Balaban J connectivity index is 1.68. The number of aromatic nitrogens is 2. The molecule has 0 bridgehead atoms. The van der Waals surface area contributed by atoms with Crippen molar-refractivity contribution in [3.63, 3.8) is 0 Å². The van der Waals surface area contributed by atoms with Gasteiger partial charge in [0, 0.05) is 30.9 Å². The van der Waals surface area contributed by atoms with E-state index in [1.54, 1.807) is 6.20 Å². The molecule has 10 heteroatoms. The largest absolute Gasteiger partial charge is 0.373 e. The van der Waals surface area contributed by atoms with E-state index in [4.69, 9.17) is 16.3 Å². The first-order chi connectivity index (χ1) is 14.2. The Hall–Kier alpha value is -1.94. The average Bonchev–Trinajstić information content (AvgIpc) is 3.09. The van der Waals surface area contributed by atoms with E-state index in [1.807, 2.05) is 20.8 Å². The second-order valence-electron chi connectivity index (χ2n) is 7.60. The van der Waals surface area contributed by atoms with Gasteiger partial charge in [0.25, 0.3) is 5.91 Å². The fourth-order valence-electron chi connectivity index (χ4n) is 3.52. The molecular formula is C20H27ClN4O4S. The number of nitrogens with zero attached hydrogens (tertiary/aromatic N) is 2. The van der Waals surface area contributed by atoms with Crippen molar-refractivity contribution in [2.75, 3.05) is 19.6 Å². The van der Waals surface area contributed by atoms with Crippen LogP contribution in [0, 0.1) is 6.92 Å². The van der Waals surface area contributed by atoms with Crippen LogP contribution in [0.5, 0.6) is 0 Å². The van der Waals surface area contributed by atoms with Crippen LogP contribution in [0.15, 0.2) is 29.3 Å². The topological polar surface area (TPSA) is 104 Å². The number of halogens is 1. The fraction of sp³-hybridized carbons (Fsp3) is 0.500. The van der Waals surface area contributed by atoms with Gasteiger partial charge in [-0.05, 0) is 57.4 Å². The number of hydrogen-bond donors (Lipinski definition) is 2. The van der Waals surface area contributed by atoms with Gasteiger partial charge in [-0.25, -0.2) is 8.42 Å². The number of carbonyl (C=O) groups excluding carboxylic acids is 1. The highest BCUT2D eigenvalue weighted by Gasteiger charge is 2.33. The third-order valence-electron chi connectivity index (χ3n) is 5.04. The predicted molar refractivity (Wildman–Crippen MR) is 114 cm³/mol.